The molecule has 786 valence electrons. The Morgan fingerprint density at radius 2 is 0.792 bits per heavy atom. The Morgan fingerprint density at radius 3 is 1.16 bits per heavy atom. The summed E-state index contributed by atoms with van der Waals surface area (Å²) in [6, 6.07) is 42.3. The Morgan fingerprint density at radius 1 is 0.456 bits per heavy atom. The molecule has 5 aromatic carbocycles. The molecule has 8 aromatic heterocycles. The molecule has 0 radical (unpaired) electrons. The number of carbonyl (C=O) groups is 2. The summed E-state index contributed by atoms with van der Waals surface area (Å²) in [4.78, 5) is 107. The van der Waals surface area contributed by atoms with Crippen molar-refractivity contribution in [3.8, 4) is 11.5 Å². The molecule has 13 aromatic rings. The summed E-state index contributed by atoms with van der Waals surface area (Å²) in [6.07, 6.45) is -4.26. The summed E-state index contributed by atoms with van der Waals surface area (Å²) in [5.41, 5.74) is 5.81. The number of imidazole rings is 4. The zero-order valence-electron chi connectivity index (χ0n) is 83.1. The van der Waals surface area contributed by atoms with Gasteiger partial charge in [0.05, 0.1) is 77.3 Å². The van der Waals surface area contributed by atoms with Crippen LogP contribution in [0.25, 0.3) is 54.3 Å². The molecular weight excluding hydrogens is 2120 g/mol. The Balaban J connectivity index is 0.000000223. The molecule has 4 fully saturated rings. The summed E-state index contributed by atoms with van der Waals surface area (Å²) in [7, 11) is -8.72. The van der Waals surface area contributed by atoms with Gasteiger partial charge in [0.1, 0.15) is 126 Å². The van der Waals surface area contributed by atoms with Gasteiger partial charge in [0.2, 0.25) is 13.1 Å². The molecular formula is C95H110Cl2N20O24P4S2Si2+2. The number of aliphatic hydroxyl groups is 1. The van der Waals surface area contributed by atoms with Crippen LogP contribution in [-0.4, -0.2) is 260 Å². The predicted octanol–water partition coefficient (Wildman–Crippen LogP) is 16.3. The van der Waals surface area contributed by atoms with Crippen LogP contribution in [-0.2, 0) is 107 Å². The van der Waals surface area contributed by atoms with E-state index >= 15 is 0 Å². The molecule has 4 aliphatic rings. The highest BCUT2D eigenvalue weighted by atomic mass is 35.5. The molecule has 5 N–H and O–H groups in total. The Kier molecular flexibility index (Phi) is 35.4. The fourth-order valence-electron chi connectivity index (χ4n) is 16.9. The molecule has 0 bridgehead atoms. The van der Waals surface area contributed by atoms with Crippen LogP contribution in [0, 0.1) is 27.0 Å². The SMILES string of the molecule is [C-]#[N+]CCOP(=S)(OC[C@H]1O[C@@H](n2cnc3c(NC(=O)c4ccccc4)ncnc32)[C@H](Cl)[C@@H]1O[P+](=O)O)O[C@@H]1[C@H](O[Si](C)(C)C(C)(C)C)[C@@H](CO)O[C@H]1n1cnc2c(C)ncnc21.[C-]#[N+]CCOP(=S)(OC[C@H]1O[C@@H](n2cnc3c(NC(=O)c4ccccc4)ncnc32)[C@H](Cl)[C@@H]1O[P+](=O)O)O[C@@H]1[C@H](O[Si](C)(C)C(C)(C)C)[C@@H](COC(c2ccccc2)(c2ccc(OC)cc2)c2ccc(OC)cc2)O[C@H]1n1cnc2c(C)ncnc21. The number of ether oxygens (including phenoxy) is 7. The number of aliphatic hydroxyl groups excluding tert-OH is 1. The van der Waals surface area contributed by atoms with Gasteiger partial charge in [-0.1, -0.05) is 133 Å². The number of hydrogen-bond donors (Lipinski definition) is 5. The number of alkyl halides is 2. The van der Waals surface area contributed by atoms with Crippen molar-refractivity contribution in [3.05, 3.63) is 252 Å². The number of carbonyl (C=O) groups excluding carboxylic acids is 2. The predicted molar refractivity (Wildman–Crippen MR) is 558 cm³/mol. The lowest BCUT2D eigenvalue weighted by molar-refractivity contribution is -0.0930. The summed E-state index contributed by atoms with van der Waals surface area (Å²) < 4.78 is 142. The third-order valence-electron chi connectivity index (χ3n) is 26.5. The average molecular weight is 2230 g/mol. The second kappa shape index (κ2) is 47.5. The number of hydrogen-bond acceptors (Lipinski definition) is 36. The van der Waals surface area contributed by atoms with Gasteiger partial charge >= 0.3 is 29.9 Å². The standard InChI is InChI=1S/C58H63ClN10O13P2SSi.C37H45ClN10O11P2SSi/c1-36-46-52(63-32-61-36)69(34-65-46)56-50(49(82-86(8,9)57(2,3)4)43(79-56)30-75-58(38-18-14-11-15-19-38,39-20-24-41(73-6)25-21-39)40-22-26-42(74-7)27-23-40)81-84(85,76-29-28-60-5)77-31-44-48(80-83(71)72)45(59)55(78-44)68-35-66-47-51(62-33-64-53(47)68)67-54(70)37-16-12-10-13-17-37;1-21-26-32(42-17-40-21)48(19-44-26)36-30(29(23(15-49)55-36)59-63(6,7)37(2,3)4)58-61(62,53-14-13-39-5)54-16-24-28(57-60(51)52)25(38)35(56-24)47-20-45-27-31(41-18-43-33(27)47)46-34(50)22-11-9-8-10-12-22/h10-27,32-35,43-45,48-50,55-56H,28-31H2,1-4,6-9H3,(H-,62,64,67,70,71,72);8-12,17-20,23-25,28-30,35-36,49H,13-16H2,1-4,6-7H3,(H-,41,43,46,50,51,52)/p+2/t43-,44-,45-,48-,49-,50-,55-,56-,84?;23-,24-,25-,28-,29-,30-,35-,36-,61?/m11/s1. The van der Waals surface area contributed by atoms with Gasteiger partial charge in [0, 0.05) is 20.3 Å². The largest absolute Gasteiger partial charge is 0.695 e. The maximum Gasteiger partial charge on any atom is 0.695 e. The van der Waals surface area contributed by atoms with Crippen LogP contribution < -0.4 is 20.1 Å². The average Bonchev–Trinajstić information content (AvgIpc) is 1.59. The molecule has 149 heavy (non-hydrogen) atoms. The Hall–Kier alpha value is -10.4. The minimum Gasteiger partial charge on any atom is -0.497 e. The van der Waals surface area contributed by atoms with Gasteiger partial charge in [-0.3, -0.25) is 36.9 Å². The van der Waals surface area contributed by atoms with Gasteiger partial charge in [-0.05, 0) is 139 Å². The van der Waals surface area contributed by atoms with Gasteiger partial charge in [-0.25, -0.2) is 73.0 Å². The third kappa shape index (κ3) is 24.5. The Bertz CT molecular complexity index is 7090. The van der Waals surface area contributed by atoms with E-state index in [9.17, 15) is 33.6 Å². The quantitative estimate of drug-likeness (QED) is 0.00593. The van der Waals surface area contributed by atoms with E-state index in [4.69, 9.17) is 143 Å². The molecule has 20 atom stereocenters. The number of fused-ring (bicyclic) bond motifs is 4. The number of methoxy groups -OCH3 is 2. The van der Waals surface area contributed by atoms with Crippen LogP contribution in [0.15, 0.2) is 190 Å². The van der Waals surface area contributed by atoms with E-state index in [1.165, 1.54) is 53.4 Å². The lowest BCUT2D eigenvalue weighted by Crippen LogP contribution is -2.50. The van der Waals surface area contributed by atoms with E-state index in [0.29, 0.717) is 56.3 Å². The molecule has 4 saturated heterocycles. The first-order valence-electron chi connectivity index (χ1n) is 46.9. The minimum absolute atomic E-state index is 0.0902. The number of nitrogens with zero attached hydrogens (tertiary/aromatic N) is 18. The molecule has 0 saturated carbocycles. The number of halogens is 2. The van der Waals surface area contributed by atoms with E-state index in [-0.39, 0.29) is 77.0 Å². The summed E-state index contributed by atoms with van der Waals surface area (Å²) >= 11 is 26.6. The number of amides is 2. The lowest BCUT2D eigenvalue weighted by atomic mass is 9.80. The first-order chi connectivity index (χ1) is 71.2. The number of anilines is 2. The van der Waals surface area contributed by atoms with Crippen LogP contribution in [0.1, 0.15) is 115 Å². The van der Waals surface area contributed by atoms with Gasteiger partial charge in [0.15, 0.2) is 99.0 Å². The van der Waals surface area contributed by atoms with Gasteiger partial charge < -0.3 is 85.5 Å². The van der Waals surface area contributed by atoms with Crippen LogP contribution in [0.3, 0.4) is 0 Å². The smallest absolute Gasteiger partial charge is 0.497 e. The second-order valence-electron chi connectivity index (χ2n) is 37.8. The molecule has 4 aliphatic heterocycles. The second-order valence-corrected chi connectivity index (χ2v) is 55.6. The summed E-state index contributed by atoms with van der Waals surface area (Å²) in [5.74, 6) is 0.680. The molecule has 2 amide bonds. The van der Waals surface area contributed by atoms with Crippen LogP contribution in [0.4, 0.5) is 11.6 Å². The van der Waals surface area contributed by atoms with Crippen molar-refractivity contribution in [2.24, 2.45) is 0 Å². The maximum atomic E-state index is 13.2. The van der Waals surface area contributed by atoms with Crippen LogP contribution in [0.2, 0.25) is 36.3 Å². The highest BCUT2D eigenvalue weighted by molar-refractivity contribution is 8.07. The maximum absolute atomic E-state index is 13.2. The molecule has 4 unspecified atom stereocenters. The number of aromatic nitrogens is 16. The van der Waals surface area contributed by atoms with Crippen molar-refractivity contribution in [2.45, 2.75) is 194 Å². The van der Waals surface area contributed by atoms with E-state index in [1.807, 2.05) is 98.9 Å². The van der Waals surface area contributed by atoms with Crippen molar-refractivity contribution in [1.29, 1.82) is 0 Å². The fourth-order valence-corrected chi connectivity index (χ4v) is 25.5. The molecule has 54 heteroatoms. The van der Waals surface area contributed by atoms with Gasteiger partial charge in [-0.15, -0.1) is 42.0 Å². The van der Waals surface area contributed by atoms with Gasteiger partial charge in [0.25, 0.3) is 11.8 Å². The first kappa shape index (κ1) is 111. The van der Waals surface area contributed by atoms with E-state index in [0.717, 1.165) is 16.7 Å². The van der Waals surface area contributed by atoms with E-state index in [2.05, 4.69) is 130 Å². The van der Waals surface area contributed by atoms with E-state index in [1.54, 1.807) is 97.3 Å². The number of rotatable bonds is 41. The summed E-state index contributed by atoms with van der Waals surface area (Å²) in [6.45, 7) is 29.3. The lowest BCUT2D eigenvalue weighted by Gasteiger charge is -2.42. The topological polar surface area (TPSA) is 493 Å². The Labute approximate surface area is 880 Å². The van der Waals surface area contributed by atoms with Crippen molar-refractivity contribution in [3.63, 3.8) is 0 Å². The molecule has 0 spiro atoms. The number of aryl methyl sites for hydroxylation is 2. The van der Waals surface area contributed by atoms with Crippen molar-refractivity contribution in [2.75, 3.05) is 77.6 Å². The molecule has 0 aliphatic carbocycles. The fraction of sp³-hybridized carbons (Fsp3) is 0.432. The number of nitrogens with one attached hydrogen (secondary N) is 2. The number of benzene rings is 5. The zero-order valence-corrected chi connectivity index (χ0v) is 91.8. The molecule has 44 nitrogen and oxygen atoms in total. The summed E-state index contributed by atoms with van der Waals surface area (Å²) in [5, 5.41) is 13.3. The molecule has 17 rings (SSSR count). The highest BCUT2D eigenvalue weighted by Gasteiger charge is 2.59. The monoisotopic (exact) mass is 2230 g/mol. The van der Waals surface area contributed by atoms with Crippen molar-refractivity contribution >= 4 is 162 Å². The first-order valence-corrected chi connectivity index (χ1v) is 61.0. The van der Waals surface area contributed by atoms with Crippen LogP contribution >= 0.6 is 53.1 Å². The van der Waals surface area contributed by atoms with Crippen molar-refractivity contribution in [1.82, 2.24) is 78.1 Å². The normalized spacial score (nSPS) is 23.2. The van der Waals surface area contributed by atoms with Crippen LogP contribution in [0.5, 0.6) is 11.5 Å². The molecule has 12 heterocycles. The third-order valence-corrected chi connectivity index (χ3v) is 41.9. The van der Waals surface area contributed by atoms with Crippen molar-refractivity contribution < 1.29 is 112 Å². The van der Waals surface area contributed by atoms with E-state index < -0.39 is 181 Å². The minimum atomic E-state index is -4.17. The zero-order chi connectivity index (χ0) is 106. The highest BCUT2D eigenvalue weighted by Crippen LogP contribution is 2.60. The van der Waals surface area contributed by atoms with Gasteiger partial charge in [-0.2, -0.15) is 0 Å².